The van der Waals surface area contributed by atoms with Crippen molar-refractivity contribution in [2.45, 2.75) is 32.1 Å². The molecule has 154 valence electrons. The third-order valence-corrected chi connectivity index (χ3v) is 5.29. The summed E-state index contributed by atoms with van der Waals surface area (Å²) in [7, 11) is 1.63. The first-order chi connectivity index (χ1) is 14.2. The Hall–Kier alpha value is -2.89. The zero-order valence-electron chi connectivity index (χ0n) is 17.0. The van der Waals surface area contributed by atoms with Crippen LogP contribution in [0.25, 0.3) is 0 Å². The predicted octanol–water partition coefficient (Wildman–Crippen LogP) is 2.72. The van der Waals surface area contributed by atoms with E-state index in [2.05, 4.69) is 4.98 Å². The van der Waals surface area contributed by atoms with Gasteiger partial charge in [0.1, 0.15) is 5.75 Å². The molecule has 1 fully saturated rings. The summed E-state index contributed by atoms with van der Waals surface area (Å²) in [5.41, 5.74) is 2.13. The standard InChI is InChI=1S/C23H29N3O3/c1-29-21-10-8-19(9-11-21)17-23(28)26-14-4-13-25(15-16-26)22(27)7-2-5-20-6-3-12-24-18-20/h3,6,8-12,18H,2,4-5,7,13-17H2,1H3. The third kappa shape index (κ3) is 6.31. The molecular formula is C23H29N3O3. The van der Waals surface area contributed by atoms with Gasteiger partial charge in [0.15, 0.2) is 0 Å². The topological polar surface area (TPSA) is 62.7 Å². The Kier molecular flexibility index (Phi) is 7.61. The molecule has 1 aromatic carbocycles. The van der Waals surface area contributed by atoms with E-state index in [0.717, 1.165) is 42.7 Å². The molecule has 0 atom stereocenters. The maximum Gasteiger partial charge on any atom is 0.227 e. The van der Waals surface area contributed by atoms with Gasteiger partial charge >= 0.3 is 0 Å². The lowest BCUT2D eigenvalue weighted by atomic mass is 10.1. The van der Waals surface area contributed by atoms with Crippen LogP contribution < -0.4 is 4.74 Å². The average Bonchev–Trinajstić information content (AvgIpc) is 3.01. The molecule has 0 spiro atoms. The van der Waals surface area contributed by atoms with E-state index in [1.54, 1.807) is 13.3 Å². The van der Waals surface area contributed by atoms with Crippen LogP contribution in [0.5, 0.6) is 5.75 Å². The lowest BCUT2D eigenvalue weighted by Gasteiger charge is -2.22. The number of methoxy groups -OCH3 is 1. The van der Waals surface area contributed by atoms with Crippen molar-refractivity contribution in [3.8, 4) is 5.75 Å². The molecule has 0 aliphatic carbocycles. The average molecular weight is 396 g/mol. The van der Waals surface area contributed by atoms with Crippen LogP contribution in [0.15, 0.2) is 48.8 Å². The second-order valence-corrected chi connectivity index (χ2v) is 7.35. The van der Waals surface area contributed by atoms with Gasteiger partial charge in [-0.2, -0.15) is 0 Å². The normalized spacial score (nSPS) is 14.4. The second kappa shape index (κ2) is 10.6. The molecule has 0 bridgehead atoms. The lowest BCUT2D eigenvalue weighted by molar-refractivity contribution is -0.133. The molecule has 2 aromatic rings. The van der Waals surface area contributed by atoms with Gasteiger partial charge in [0.2, 0.25) is 11.8 Å². The van der Waals surface area contributed by atoms with E-state index in [1.807, 2.05) is 52.4 Å². The molecule has 1 aromatic heterocycles. The van der Waals surface area contributed by atoms with Gasteiger partial charge in [-0.3, -0.25) is 14.6 Å². The Balaban J connectivity index is 1.43. The summed E-state index contributed by atoms with van der Waals surface area (Å²) >= 11 is 0. The van der Waals surface area contributed by atoms with Crippen molar-refractivity contribution in [1.29, 1.82) is 0 Å². The number of nitrogens with zero attached hydrogens (tertiary/aromatic N) is 3. The van der Waals surface area contributed by atoms with Crippen LogP contribution in [-0.4, -0.2) is 59.9 Å². The van der Waals surface area contributed by atoms with Crippen LogP contribution in [0.3, 0.4) is 0 Å². The molecule has 0 unspecified atom stereocenters. The van der Waals surface area contributed by atoms with Gasteiger partial charge in [-0.05, 0) is 48.6 Å². The van der Waals surface area contributed by atoms with Crippen molar-refractivity contribution in [3.63, 3.8) is 0 Å². The number of aryl methyl sites for hydroxylation is 1. The van der Waals surface area contributed by atoms with E-state index in [4.69, 9.17) is 4.74 Å². The summed E-state index contributed by atoms with van der Waals surface area (Å²) in [6, 6.07) is 11.5. The Labute approximate surface area is 172 Å². The van der Waals surface area contributed by atoms with Crippen molar-refractivity contribution in [3.05, 3.63) is 59.9 Å². The van der Waals surface area contributed by atoms with E-state index in [-0.39, 0.29) is 11.8 Å². The number of hydrogen-bond acceptors (Lipinski definition) is 4. The zero-order chi connectivity index (χ0) is 20.5. The van der Waals surface area contributed by atoms with Crippen molar-refractivity contribution in [2.75, 3.05) is 33.3 Å². The predicted molar refractivity (Wildman–Crippen MR) is 112 cm³/mol. The van der Waals surface area contributed by atoms with Crippen LogP contribution in [0.1, 0.15) is 30.4 Å². The lowest BCUT2D eigenvalue weighted by Crippen LogP contribution is -2.37. The molecule has 2 amide bonds. The van der Waals surface area contributed by atoms with Gasteiger partial charge in [-0.15, -0.1) is 0 Å². The fourth-order valence-electron chi connectivity index (χ4n) is 3.59. The van der Waals surface area contributed by atoms with E-state index in [1.165, 1.54) is 0 Å². The minimum Gasteiger partial charge on any atom is -0.497 e. The summed E-state index contributed by atoms with van der Waals surface area (Å²) in [6.45, 7) is 2.63. The van der Waals surface area contributed by atoms with Gasteiger partial charge in [0.05, 0.1) is 13.5 Å². The third-order valence-electron chi connectivity index (χ3n) is 5.29. The maximum absolute atomic E-state index is 12.7. The number of aromatic nitrogens is 1. The number of carbonyl (C=O) groups is 2. The molecule has 3 rings (SSSR count). The quantitative estimate of drug-likeness (QED) is 0.723. The summed E-state index contributed by atoms with van der Waals surface area (Å²) < 4.78 is 5.16. The van der Waals surface area contributed by atoms with E-state index in [9.17, 15) is 9.59 Å². The zero-order valence-corrected chi connectivity index (χ0v) is 17.0. The van der Waals surface area contributed by atoms with Gasteiger partial charge in [-0.25, -0.2) is 0 Å². The highest BCUT2D eigenvalue weighted by Crippen LogP contribution is 2.14. The summed E-state index contributed by atoms with van der Waals surface area (Å²) in [6.07, 6.45) is 7.03. The van der Waals surface area contributed by atoms with Crippen LogP contribution in [0.2, 0.25) is 0 Å². The molecule has 6 nitrogen and oxygen atoms in total. The molecule has 0 N–H and O–H groups in total. The molecule has 2 heterocycles. The Morgan fingerprint density at radius 2 is 1.69 bits per heavy atom. The molecule has 1 aliphatic heterocycles. The van der Waals surface area contributed by atoms with E-state index < -0.39 is 0 Å². The summed E-state index contributed by atoms with van der Waals surface area (Å²) in [5, 5.41) is 0. The van der Waals surface area contributed by atoms with Crippen molar-refractivity contribution in [2.24, 2.45) is 0 Å². The Morgan fingerprint density at radius 3 is 2.34 bits per heavy atom. The number of ether oxygens (including phenoxy) is 1. The number of carbonyl (C=O) groups excluding carboxylic acids is 2. The minimum atomic E-state index is 0.112. The molecular weight excluding hydrogens is 366 g/mol. The summed E-state index contributed by atoms with van der Waals surface area (Å²) in [5.74, 6) is 1.08. The highest BCUT2D eigenvalue weighted by Gasteiger charge is 2.21. The number of benzene rings is 1. The first-order valence-corrected chi connectivity index (χ1v) is 10.2. The molecule has 0 saturated carbocycles. The summed E-state index contributed by atoms with van der Waals surface area (Å²) in [4.78, 5) is 33.1. The van der Waals surface area contributed by atoms with Crippen LogP contribution in [0, 0.1) is 0 Å². The maximum atomic E-state index is 12.7. The van der Waals surface area contributed by atoms with Gasteiger partial charge in [0.25, 0.3) is 0 Å². The molecule has 29 heavy (non-hydrogen) atoms. The number of pyridine rings is 1. The van der Waals surface area contributed by atoms with Gasteiger partial charge in [-0.1, -0.05) is 18.2 Å². The minimum absolute atomic E-state index is 0.112. The van der Waals surface area contributed by atoms with Crippen LogP contribution in [-0.2, 0) is 22.4 Å². The van der Waals surface area contributed by atoms with Crippen molar-refractivity contribution < 1.29 is 14.3 Å². The Bertz CT molecular complexity index is 793. The van der Waals surface area contributed by atoms with Crippen molar-refractivity contribution in [1.82, 2.24) is 14.8 Å². The molecule has 6 heteroatoms. The SMILES string of the molecule is COc1ccc(CC(=O)N2CCCN(C(=O)CCCc3cccnc3)CC2)cc1. The van der Waals surface area contributed by atoms with Crippen LogP contribution >= 0.6 is 0 Å². The van der Waals surface area contributed by atoms with Crippen LogP contribution in [0.4, 0.5) is 0 Å². The number of rotatable bonds is 7. The van der Waals surface area contributed by atoms with E-state index >= 15 is 0 Å². The van der Waals surface area contributed by atoms with Crippen molar-refractivity contribution >= 4 is 11.8 Å². The first kappa shape index (κ1) is 20.8. The van der Waals surface area contributed by atoms with Gasteiger partial charge < -0.3 is 14.5 Å². The fraction of sp³-hybridized carbons (Fsp3) is 0.435. The van der Waals surface area contributed by atoms with E-state index in [0.29, 0.717) is 32.5 Å². The highest BCUT2D eigenvalue weighted by atomic mass is 16.5. The second-order valence-electron chi connectivity index (χ2n) is 7.35. The monoisotopic (exact) mass is 395 g/mol. The molecule has 1 saturated heterocycles. The first-order valence-electron chi connectivity index (χ1n) is 10.2. The smallest absolute Gasteiger partial charge is 0.227 e. The molecule has 0 radical (unpaired) electrons. The highest BCUT2D eigenvalue weighted by molar-refractivity contribution is 5.79. The molecule has 1 aliphatic rings. The number of hydrogen-bond donors (Lipinski definition) is 0. The largest absolute Gasteiger partial charge is 0.497 e. The fourth-order valence-corrected chi connectivity index (χ4v) is 3.59. The number of amides is 2. The Morgan fingerprint density at radius 1 is 0.966 bits per heavy atom. The van der Waals surface area contributed by atoms with Gasteiger partial charge in [0, 0.05) is 45.0 Å².